The van der Waals surface area contributed by atoms with Crippen LogP contribution in [0.5, 0.6) is 0 Å². The largest absolute Gasteiger partial charge is 0.416 e. The first-order chi connectivity index (χ1) is 15.8. The molecule has 5 rings (SSSR count). The van der Waals surface area contributed by atoms with Crippen LogP contribution in [0.15, 0.2) is 65.7 Å². The number of benzene rings is 1. The molecule has 0 amide bonds. The zero-order valence-corrected chi connectivity index (χ0v) is 18.6. The summed E-state index contributed by atoms with van der Waals surface area (Å²) in [4.78, 5) is 20.7. The number of rotatable bonds is 4. The zero-order chi connectivity index (χ0) is 23.2. The second-order valence-electron chi connectivity index (χ2n) is 8.06. The van der Waals surface area contributed by atoms with E-state index in [1.807, 2.05) is 31.3 Å². The van der Waals surface area contributed by atoms with E-state index >= 15 is 0 Å². The number of hydrogen-bond acceptors (Lipinski definition) is 5. The third kappa shape index (κ3) is 4.14. The van der Waals surface area contributed by atoms with Crippen molar-refractivity contribution in [3.8, 4) is 16.1 Å². The monoisotopic (exact) mass is 470 g/mol. The van der Waals surface area contributed by atoms with Crippen molar-refractivity contribution >= 4 is 27.2 Å². The Morgan fingerprint density at radius 3 is 2.55 bits per heavy atom. The van der Waals surface area contributed by atoms with Gasteiger partial charge in [0.15, 0.2) is 0 Å². The van der Waals surface area contributed by atoms with Crippen LogP contribution >= 0.6 is 11.3 Å². The van der Waals surface area contributed by atoms with Gasteiger partial charge in [-0.15, -0.1) is 11.3 Å². The molecule has 0 spiro atoms. The van der Waals surface area contributed by atoms with Crippen molar-refractivity contribution in [1.29, 1.82) is 0 Å². The number of aromatic nitrogens is 2. The van der Waals surface area contributed by atoms with Crippen LogP contribution in [0.2, 0.25) is 0 Å². The topological polar surface area (TPSA) is 50.2 Å². The summed E-state index contributed by atoms with van der Waals surface area (Å²) in [6, 6.07) is 12.9. The second-order valence-corrected chi connectivity index (χ2v) is 9.11. The molecule has 4 aromatic rings. The Morgan fingerprint density at radius 2 is 1.91 bits per heavy atom. The minimum atomic E-state index is -4.38. The quantitative estimate of drug-likeness (QED) is 0.460. The molecule has 0 unspecified atom stereocenters. The minimum Gasteiger partial charge on any atom is -0.355 e. The molecular weight excluding hydrogens is 449 g/mol. The van der Waals surface area contributed by atoms with Gasteiger partial charge in [-0.05, 0) is 55.4 Å². The smallest absolute Gasteiger partial charge is 0.355 e. The molecule has 5 nitrogen and oxygen atoms in total. The number of nitrogens with zero attached hydrogens (tertiary/aromatic N) is 3. The molecule has 1 fully saturated rings. The van der Waals surface area contributed by atoms with Crippen LogP contribution in [0.25, 0.3) is 26.2 Å². The molecule has 0 saturated carbocycles. The number of hydrogen-bond donors (Lipinski definition) is 1. The summed E-state index contributed by atoms with van der Waals surface area (Å²) < 4.78 is 40.6. The maximum Gasteiger partial charge on any atom is 0.416 e. The van der Waals surface area contributed by atoms with Crippen LogP contribution in [0.4, 0.5) is 19.0 Å². The van der Waals surface area contributed by atoms with Crippen LogP contribution < -0.4 is 15.8 Å². The number of thiophene rings is 1. The van der Waals surface area contributed by atoms with E-state index in [4.69, 9.17) is 0 Å². The number of anilines is 1. The summed E-state index contributed by atoms with van der Waals surface area (Å²) in [5.41, 5.74) is 0.439. The van der Waals surface area contributed by atoms with E-state index in [9.17, 15) is 18.0 Å². The van der Waals surface area contributed by atoms with Gasteiger partial charge >= 0.3 is 6.18 Å². The highest BCUT2D eigenvalue weighted by molar-refractivity contribution is 7.22. The van der Waals surface area contributed by atoms with Gasteiger partial charge < -0.3 is 10.2 Å². The Labute approximate surface area is 192 Å². The van der Waals surface area contributed by atoms with Gasteiger partial charge in [0.1, 0.15) is 10.5 Å². The molecule has 0 aliphatic carbocycles. The first kappa shape index (κ1) is 21.7. The van der Waals surface area contributed by atoms with Crippen molar-refractivity contribution in [2.45, 2.75) is 18.6 Å². The van der Waals surface area contributed by atoms with Crippen LogP contribution in [0.3, 0.4) is 0 Å². The molecule has 1 aliphatic rings. The summed E-state index contributed by atoms with van der Waals surface area (Å²) >= 11 is 1.28. The maximum atomic E-state index is 13.2. The van der Waals surface area contributed by atoms with Crippen LogP contribution in [-0.4, -0.2) is 35.7 Å². The lowest BCUT2D eigenvalue weighted by Gasteiger charge is -2.17. The zero-order valence-electron chi connectivity index (χ0n) is 17.8. The van der Waals surface area contributed by atoms with Crippen molar-refractivity contribution in [3.63, 3.8) is 0 Å². The minimum absolute atomic E-state index is 0.179. The fourth-order valence-electron chi connectivity index (χ4n) is 4.11. The van der Waals surface area contributed by atoms with Gasteiger partial charge in [0.05, 0.1) is 17.4 Å². The highest BCUT2D eigenvalue weighted by Crippen LogP contribution is 2.35. The van der Waals surface area contributed by atoms with Crippen molar-refractivity contribution in [2.24, 2.45) is 0 Å². The maximum absolute atomic E-state index is 13.2. The van der Waals surface area contributed by atoms with Crippen molar-refractivity contribution in [2.75, 3.05) is 25.0 Å². The summed E-state index contributed by atoms with van der Waals surface area (Å²) in [6.07, 6.45) is 0.0895. The molecule has 9 heteroatoms. The molecule has 1 aromatic carbocycles. The molecule has 3 aromatic heterocycles. The number of halogens is 3. The molecule has 1 aliphatic heterocycles. The fraction of sp³-hybridized carbons (Fsp3) is 0.250. The summed E-state index contributed by atoms with van der Waals surface area (Å²) in [5.74, 6) is 0.881. The van der Waals surface area contributed by atoms with E-state index in [-0.39, 0.29) is 5.56 Å². The number of pyridine rings is 2. The average Bonchev–Trinajstić information content (AvgIpc) is 3.47. The number of nitrogens with one attached hydrogen (secondary N) is 1. The molecule has 1 saturated heterocycles. The van der Waals surface area contributed by atoms with E-state index in [1.165, 1.54) is 23.5 Å². The summed E-state index contributed by atoms with van der Waals surface area (Å²) in [5, 5.41) is 4.04. The second kappa shape index (κ2) is 8.31. The molecule has 0 bridgehead atoms. The molecule has 1 atom stereocenters. The highest BCUT2D eigenvalue weighted by atomic mass is 32.1. The Balaban J connectivity index is 1.44. The van der Waals surface area contributed by atoms with E-state index < -0.39 is 11.7 Å². The standard InChI is InChI=1S/C24H21F3N4OS/c1-28-18-9-10-30(14-18)21-7-6-19(13-29-21)31-11-8-16-12-20(33-22(16)23(31)32)15-2-4-17(5-3-15)24(25,26)27/h2-8,11-13,18,28H,9-10,14H2,1H3/t18-/m1/s1. The first-order valence-electron chi connectivity index (χ1n) is 10.5. The van der Waals surface area contributed by atoms with Crippen molar-refractivity contribution < 1.29 is 13.2 Å². The Bertz CT molecular complexity index is 1340. The van der Waals surface area contributed by atoms with Gasteiger partial charge in [-0.3, -0.25) is 9.36 Å². The fourth-order valence-corrected chi connectivity index (χ4v) is 5.20. The molecule has 0 radical (unpaired) electrons. The van der Waals surface area contributed by atoms with Gasteiger partial charge in [-0.1, -0.05) is 12.1 Å². The van der Waals surface area contributed by atoms with Crippen LogP contribution in [-0.2, 0) is 6.18 Å². The van der Waals surface area contributed by atoms with Crippen molar-refractivity contribution in [3.05, 3.63) is 76.8 Å². The Hall–Kier alpha value is -3.17. The molecule has 33 heavy (non-hydrogen) atoms. The van der Waals surface area contributed by atoms with Crippen molar-refractivity contribution in [1.82, 2.24) is 14.9 Å². The predicted octanol–water partition coefficient (Wildman–Crippen LogP) is 4.93. The van der Waals surface area contributed by atoms with Crippen LogP contribution in [0.1, 0.15) is 12.0 Å². The van der Waals surface area contributed by atoms with Gasteiger partial charge in [0.2, 0.25) is 0 Å². The summed E-state index contributed by atoms with van der Waals surface area (Å²) in [6.45, 7) is 1.84. The Morgan fingerprint density at radius 1 is 1.12 bits per heavy atom. The van der Waals surface area contributed by atoms with Gasteiger partial charge in [-0.2, -0.15) is 13.2 Å². The number of fused-ring (bicyclic) bond motifs is 1. The third-order valence-electron chi connectivity index (χ3n) is 6.00. The Kier molecular flexibility index (Phi) is 5.46. The van der Waals surface area contributed by atoms with Crippen LogP contribution in [0, 0.1) is 0 Å². The first-order valence-corrected chi connectivity index (χ1v) is 11.4. The normalized spacial score (nSPS) is 16.6. The third-order valence-corrected chi connectivity index (χ3v) is 7.19. The van der Waals surface area contributed by atoms with E-state index in [0.29, 0.717) is 22.0 Å². The van der Waals surface area contributed by atoms with Gasteiger partial charge in [0.25, 0.3) is 5.56 Å². The molecular formula is C24H21F3N4OS. The van der Waals surface area contributed by atoms with Gasteiger partial charge in [0, 0.05) is 35.6 Å². The molecule has 4 heterocycles. The van der Waals surface area contributed by atoms with E-state index in [2.05, 4.69) is 15.2 Å². The summed E-state index contributed by atoms with van der Waals surface area (Å²) in [7, 11) is 1.96. The predicted molar refractivity (Wildman–Crippen MR) is 125 cm³/mol. The molecule has 170 valence electrons. The van der Waals surface area contributed by atoms with E-state index in [1.54, 1.807) is 17.0 Å². The lowest BCUT2D eigenvalue weighted by Crippen LogP contribution is -2.29. The lowest BCUT2D eigenvalue weighted by atomic mass is 10.1. The number of likely N-dealkylation sites (N-methyl/N-ethyl adjacent to an activating group) is 1. The van der Waals surface area contributed by atoms with Gasteiger partial charge in [-0.25, -0.2) is 4.98 Å². The number of alkyl halides is 3. The molecule has 1 N–H and O–H groups in total. The highest BCUT2D eigenvalue weighted by Gasteiger charge is 2.30. The van der Waals surface area contributed by atoms with E-state index in [0.717, 1.165) is 47.7 Å². The average molecular weight is 471 g/mol. The lowest BCUT2D eigenvalue weighted by molar-refractivity contribution is -0.137. The SMILES string of the molecule is CN[C@@H]1CCN(c2ccc(-n3ccc4cc(-c5ccc(C(F)(F)F)cc5)sc4c3=O)cn2)C1.